The molecule has 0 aromatic heterocycles. The Kier molecular flexibility index (Phi) is 4.91. The molecule has 0 fully saturated rings. The molecule has 0 amide bonds. The highest BCUT2D eigenvalue weighted by atomic mass is 35.5. The van der Waals surface area contributed by atoms with Crippen LogP contribution in [0.15, 0.2) is 83.5 Å². The van der Waals surface area contributed by atoms with Crippen LogP contribution in [-0.2, 0) is 9.53 Å². The zero-order valence-corrected chi connectivity index (χ0v) is 15.2. The normalized spacial score (nSPS) is 14.7. The molecule has 1 aliphatic rings. The van der Waals surface area contributed by atoms with Gasteiger partial charge in [0.15, 0.2) is 5.70 Å². The first-order chi connectivity index (χ1) is 13.6. The number of aliphatic imine (C=N–C) groups is 1. The number of esters is 1. The number of hydrogen-bond acceptors (Lipinski definition) is 4. The number of hydrogen-bond donors (Lipinski definition) is 0. The monoisotopic (exact) mass is 393 g/mol. The fraction of sp³-hybridized carbons (Fsp3) is 0. The SMILES string of the molecule is O=C1OC(c2ccccc2F)=N/C1=C\c1cccc(Oc2ccc(Cl)cc2)c1. The molecule has 0 N–H and O–H groups in total. The van der Waals surface area contributed by atoms with Crippen molar-refractivity contribution in [1.82, 2.24) is 0 Å². The molecular formula is C22H13ClFNO3. The van der Waals surface area contributed by atoms with Crippen LogP contribution in [-0.4, -0.2) is 11.9 Å². The van der Waals surface area contributed by atoms with E-state index in [2.05, 4.69) is 4.99 Å². The Labute approximate surface area is 165 Å². The van der Waals surface area contributed by atoms with Crippen molar-refractivity contribution in [2.45, 2.75) is 0 Å². The highest BCUT2D eigenvalue weighted by Crippen LogP contribution is 2.26. The van der Waals surface area contributed by atoms with Crippen LogP contribution in [0.2, 0.25) is 5.02 Å². The zero-order valence-electron chi connectivity index (χ0n) is 14.4. The third kappa shape index (κ3) is 3.94. The Morgan fingerprint density at radius 2 is 1.75 bits per heavy atom. The maximum atomic E-state index is 13.9. The molecular weight excluding hydrogens is 381 g/mol. The van der Waals surface area contributed by atoms with Crippen molar-refractivity contribution < 1.29 is 18.7 Å². The standard InChI is InChI=1S/C22H13ClFNO3/c23-15-8-10-16(11-9-15)27-17-5-3-4-14(12-17)13-20-22(26)28-21(25-20)18-6-1-2-7-19(18)24/h1-13H/b20-13-. The summed E-state index contributed by atoms with van der Waals surface area (Å²) < 4.78 is 24.8. The van der Waals surface area contributed by atoms with Crippen molar-refractivity contribution in [2.75, 3.05) is 0 Å². The number of rotatable bonds is 4. The second-order valence-corrected chi connectivity index (χ2v) is 6.38. The van der Waals surface area contributed by atoms with Crippen LogP contribution in [0.3, 0.4) is 0 Å². The summed E-state index contributed by atoms with van der Waals surface area (Å²) in [5.41, 5.74) is 0.915. The minimum atomic E-state index is -0.637. The molecule has 3 aromatic carbocycles. The van der Waals surface area contributed by atoms with Crippen LogP contribution in [0.4, 0.5) is 4.39 Å². The lowest BCUT2D eigenvalue weighted by Gasteiger charge is -2.06. The summed E-state index contributed by atoms with van der Waals surface area (Å²) in [5.74, 6) is 0.0227. The summed E-state index contributed by atoms with van der Waals surface area (Å²) in [7, 11) is 0. The van der Waals surface area contributed by atoms with Gasteiger partial charge in [0, 0.05) is 5.02 Å². The van der Waals surface area contributed by atoms with Gasteiger partial charge in [0.2, 0.25) is 5.90 Å². The van der Waals surface area contributed by atoms with Gasteiger partial charge in [-0.15, -0.1) is 0 Å². The largest absolute Gasteiger partial charge is 0.457 e. The van der Waals surface area contributed by atoms with Gasteiger partial charge in [-0.1, -0.05) is 35.9 Å². The van der Waals surface area contributed by atoms with Gasteiger partial charge >= 0.3 is 5.97 Å². The quantitative estimate of drug-likeness (QED) is 0.427. The molecule has 1 aliphatic heterocycles. The summed E-state index contributed by atoms with van der Waals surface area (Å²) in [4.78, 5) is 16.2. The molecule has 3 aromatic rings. The van der Waals surface area contributed by atoms with E-state index in [4.69, 9.17) is 21.1 Å². The van der Waals surface area contributed by atoms with Gasteiger partial charge in [-0.25, -0.2) is 14.2 Å². The molecule has 1 heterocycles. The van der Waals surface area contributed by atoms with E-state index in [9.17, 15) is 9.18 Å². The van der Waals surface area contributed by atoms with Crippen LogP contribution in [0.1, 0.15) is 11.1 Å². The van der Waals surface area contributed by atoms with Gasteiger partial charge in [-0.2, -0.15) is 0 Å². The molecule has 0 aliphatic carbocycles. The Morgan fingerprint density at radius 1 is 0.964 bits per heavy atom. The molecule has 0 unspecified atom stereocenters. The average Bonchev–Trinajstić information content (AvgIpc) is 3.04. The van der Waals surface area contributed by atoms with Crippen molar-refractivity contribution in [3.05, 3.63) is 100 Å². The minimum absolute atomic E-state index is 0.0529. The summed E-state index contributed by atoms with van der Waals surface area (Å²) in [6.07, 6.45) is 1.56. The number of cyclic esters (lactones) is 1. The van der Waals surface area contributed by atoms with Crippen molar-refractivity contribution in [1.29, 1.82) is 0 Å². The lowest BCUT2D eigenvalue weighted by atomic mass is 10.2. The molecule has 4 nitrogen and oxygen atoms in total. The van der Waals surface area contributed by atoms with E-state index < -0.39 is 11.8 Å². The number of halogens is 2. The molecule has 0 spiro atoms. The van der Waals surface area contributed by atoms with Gasteiger partial charge in [-0.3, -0.25) is 0 Å². The third-order valence-electron chi connectivity index (χ3n) is 3.94. The number of nitrogens with zero attached hydrogens (tertiary/aromatic N) is 1. The van der Waals surface area contributed by atoms with Gasteiger partial charge < -0.3 is 9.47 Å². The van der Waals surface area contributed by atoms with Crippen molar-refractivity contribution in [2.24, 2.45) is 4.99 Å². The lowest BCUT2D eigenvalue weighted by molar-refractivity contribution is -0.129. The third-order valence-corrected chi connectivity index (χ3v) is 4.19. The van der Waals surface area contributed by atoms with Crippen molar-refractivity contribution >= 4 is 29.5 Å². The Morgan fingerprint density at radius 3 is 2.54 bits per heavy atom. The van der Waals surface area contributed by atoms with Crippen LogP contribution < -0.4 is 4.74 Å². The van der Waals surface area contributed by atoms with E-state index in [-0.39, 0.29) is 17.2 Å². The van der Waals surface area contributed by atoms with Gasteiger partial charge in [-0.05, 0) is 60.2 Å². The predicted molar refractivity (Wildman–Crippen MR) is 105 cm³/mol. The molecule has 6 heteroatoms. The molecule has 0 radical (unpaired) electrons. The van der Waals surface area contributed by atoms with Crippen LogP contribution in [0.5, 0.6) is 11.5 Å². The topological polar surface area (TPSA) is 47.9 Å². The Balaban J connectivity index is 1.59. The van der Waals surface area contributed by atoms with E-state index in [1.807, 2.05) is 0 Å². The van der Waals surface area contributed by atoms with Gasteiger partial charge in [0.25, 0.3) is 0 Å². The van der Waals surface area contributed by atoms with Crippen LogP contribution in [0.25, 0.3) is 6.08 Å². The first-order valence-corrected chi connectivity index (χ1v) is 8.77. The van der Waals surface area contributed by atoms with Gasteiger partial charge in [0.1, 0.15) is 17.3 Å². The van der Waals surface area contributed by atoms with E-state index in [0.717, 1.165) is 0 Å². The second kappa shape index (κ2) is 7.66. The highest BCUT2D eigenvalue weighted by Gasteiger charge is 2.25. The van der Waals surface area contributed by atoms with E-state index >= 15 is 0 Å². The number of carbonyl (C=O) groups is 1. The average molecular weight is 394 g/mol. The predicted octanol–water partition coefficient (Wildman–Crippen LogP) is 5.62. The first-order valence-electron chi connectivity index (χ1n) is 8.39. The Bertz CT molecular complexity index is 1110. The van der Waals surface area contributed by atoms with E-state index in [1.165, 1.54) is 12.1 Å². The fourth-order valence-corrected chi connectivity index (χ4v) is 2.75. The van der Waals surface area contributed by atoms with Crippen LogP contribution >= 0.6 is 11.6 Å². The summed E-state index contributed by atoms with van der Waals surface area (Å²) in [6, 6.07) is 20.1. The van der Waals surface area contributed by atoms with Crippen LogP contribution in [0, 0.1) is 5.82 Å². The highest BCUT2D eigenvalue weighted by molar-refractivity contribution is 6.30. The van der Waals surface area contributed by atoms with Crippen molar-refractivity contribution in [3.63, 3.8) is 0 Å². The molecule has 0 saturated carbocycles. The van der Waals surface area contributed by atoms with E-state index in [1.54, 1.807) is 66.7 Å². The summed E-state index contributed by atoms with van der Waals surface area (Å²) in [6.45, 7) is 0. The number of carbonyl (C=O) groups excluding carboxylic acids is 1. The maximum absolute atomic E-state index is 13.9. The smallest absolute Gasteiger partial charge is 0.363 e. The van der Waals surface area contributed by atoms with Gasteiger partial charge in [0.05, 0.1) is 5.56 Å². The molecule has 28 heavy (non-hydrogen) atoms. The summed E-state index contributed by atoms with van der Waals surface area (Å²) >= 11 is 5.87. The summed E-state index contributed by atoms with van der Waals surface area (Å²) in [5, 5.41) is 0.620. The molecule has 0 saturated heterocycles. The zero-order chi connectivity index (χ0) is 19.5. The first kappa shape index (κ1) is 17.9. The van der Waals surface area contributed by atoms with Crippen molar-refractivity contribution in [3.8, 4) is 11.5 Å². The fourth-order valence-electron chi connectivity index (χ4n) is 2.62. The lowest BCUT2D eigenvalue weighted by Crippen LogP contribution is -2.07. The number of ether oxygens (including phenoxy) is 2. The molecule has 0 atom stereocenters. The van der Waals surface area contributed by atoms with E-state index in [0.29, 0.717) is 22.1 Å². The second-order valence-electron chi connectivity index (χ2n) is 5.94. The molecule has 138 valence electrons. The molecule has 0 bridgehead atoms. The maximum Gasteiger partial charge on any atom is 0.363 e. The number of benzene rings is 3. The Hall–Kier alpha value is -3.44. The minimum Gasteiger partial charge on any atom is -0.457 e. The molecule has 4 rings (SSSR count).